The maximum Gasteiger partial charge on any atom is 0.407 e. The minimum absolute atomic E-state index is 0.0222. The second kappa shape index (κ2) is 30.5. The number of halogens is 1. The number of aromatic nitrogens is 2. The fourth-order valence-electron chi connectivity index (χ4n) is 11.8. The Kier molecular flexibility index (Phi) is 22.3. The number of pyridine rings is 2. The van der Waals surface area contributed by atoms with E-state index in [4.69, 9.17) is 52.4 Å². The minimum Gasteiger partial charge on any atom is -0.463 e. The van der Waals surface area contributed by atoms with Gasteiger partial charge in [0.15, 0.2) is 17.8 Å². The summed E-state index contributed by atoms with van der Waals surface area (Å²) in [5.41, 5.74) is 0.833. The van der Waals surface area contributed by atoms with Gasteiger partial charge in [-0.3, -0.25) is 43.2 Å². The van der Waals surface area contributed by atoms with Gasteiger partial charge in [-0.2, -0.15) is 0 Å². The molecule has 5 amide bonds. The molecule has 1 unspecified atom stereocenters. The zero-order valence-corrected chi connectivity index (χ0v) is 52.4. The van der Waals surface area contributed by atoms with Crippen LogP contribution < -0.4 is 36.9 Å². The number of esters is 5. The number of aliphatic hydroxyl groups is 1. The van der Waals surface area contributed by atoms with Gasteiger partial charge in [0.2, 0.25) is 30.1 Å². The number of alkyl carbamates (subject to hydrolysis) is 1. The van der Waals surface area contributed by atoms with Crippen LogP contribution in [0.25, 0.3) is 22.3 Å². The molecular weight excluding hydrogens is 1240 g/mol. The third-order valence-electron chi connectivity index (χ3n) is 16.2. The number of hydrogen-bond acceptors (Lipinski definition) is 23. The van der Waals surface area contributed by atoms with E-state index in [9.17, 15) is 57.8 Å². The topological polar surface area (TPSA) is 378 Å². The molecule has 30 heteroatoms. The molecule has 29 nitrogen and oxygen atoms in total. The molecule has 8 atom stereocenters. The fraction of sp³-hybridized carbons (Fsp3) is 0.500. The number of amides is 5. The Hall–Kier alpha value is -9.57. The molecule has 94 heavy (non-hydrogen) atoms. The molecular formula is C64H72FN7O22. The molecule has 3 aliphatic heterocycles. The van der Waals surface area contributed by atoms with Gasteiger partial charge >= 0.3 is 35.9 Å². The molecule has 1 saturated heterocycles. The number of nitrogens with one attached hydrogen (secondary N) is 5. The van der Waals surface area contributed by atoms with Gasteiger partial charge < -0.3 is 83.6 Å². The van der Waals surface area contributed by atoms with Crippen molar-refractivity contribution in [1.29, 1.82) is 0 Å². The summed E-state index contributed by atoms with van der Waals surface area (Å²) in [5.74, 6) is -1.61. The first kappa shape index (κ1) is 68.8. The quantitative estimate of drug-likeness (QED) is 0.0170. The Morgan fingerprint density at radius 1 is 0.809 bits per heavy atom. The molecule has 0 bridgehead atoms. The van der Waals surface area contributed by atoms with Crippen LogP contribution >= 0.6 is 0 Å². The highest BCUT2D eigenvalue weighted by Crippen LogP contribution is 2.46. The summed E-state index contributed by atoms with van der Waals surface area (Å²) < 4.78 is 72.7. The van der Waals surface area contributed by atoms with Crippen LogP contribution in [0.3, 0.4) is 0 Å². The molecule has 2 aromatic heterocycles. The Bertz CT molecular complexity index is 3810. The van der Waals surface area contributed by atoms with E-state index < -0.39 is 152 Å². The summed E-state index contributed by atoms with van der Waals surface area (Å²) in [4.78, 5) is 147. The van der Waals surface area contributed by atoms with Crippen molar-refractivity contribution in [2.75, 3.05) is 46.2 Å². The number of carbonyl (C=O) groups excluding carboxylic acids is 10. The Morgan fingerprint density at radius 3 is 2.30 bits per heavy atom. The number of nitrogens with zero attached hydrogens (tertiary/aromatic N) is 2. The van der Waals surface area contributed by atoms with E-state index in [1.807, 2.05) is 0 Å². The van der Waals surface area contributed by atoms with E-state index in [0.717, 1.165) is 53.4 Å². The fourth-order valence-corrected chi connectivity index (χ4v) is 11.8. The summed E-state index contributed by atoms with van der Waals surface area (Å²) in [6.07, 6.45) is -4.48. The molecule has 0 spiro atoms. The van der Waals surface area contributed by atoms with Gasteiger partial charge in [-0.05, 0) is 85.9 Å². The van der Waals surface area contributed by atoms with E-state index in [1.165, 1.54) is 28.8 Å². The first-order valence-electron chi connectivity index (χ1n) is 30.5. The Labute approximate surface area is 537 Å². The van der Waals surface area contributed by atoms with Crippen LogP contribution in [0, 0.1) is 24.6 Å². The molecule has 0 saturated carbocycles. The van der Waals surface area contributed by atoms with Crippen LogP contribution in [0.4, 0.5) is 9.18 Å². The van der Waals surface area contributed by atoms with Crippen LogP contribution in [-0.4, -0.2) is 157 Å². The highest BCUT2D eigenvalue weighted by Gasteiger charge is 2.54. The molecule has 2 aromatic carbocycles. The van der Waals surface area contributed by atoms with Crippen LogP contribution in [0.15, 0.2) is 35.1 Å². The lowest BCUT2D eigenvalue weighted by Gasteiger charge is -2.44. The molecule has 0 radical (unpaired) electrons. The maximum absolute atomic E-state index is 15.5. The Morgan fingerprint density at radius 2 is 1.55 bits per heavy atom. The summed E-state index contributed by atoms with van der Waals surface area (Å²) in [5, 5.41) is 25.0. The first-order valence-corrected chi connectivity index (χ1v) is 30.5. The van der Waals surface area contributed by atoms with Crippen molar-refractivity contribution in [1.82, 2.24) is 36.1 Å². The van der Waals surface area contributed by atoms with E-state index in [1.54, 1.807) is 19.9 Å². The van der Waals surface area contributed by atoms with Gasteiger partial charge in [0.05, 0.1) is 40.6 Å². The number of cyclic esters (lactones) is 1. The van der Waals surface area contributed by atoms with Gasteiger partial charge in [0.25, 0.3) is 11.5 Å². The summed E-state index contributed by atoms with van der Waals surface area (Å²) in [7, 11) is 0. The van der Waals surface area contributed by atoms with Gasteiger partial charge in [-0.15, -0.1) is 5.92 Å². The molecule has 4 aromatic rings. The highest BCUT2D eigenvalue weighted by molar-refractivity contribution is 5.97. The number of rotatable bonds is 24. The van der Waals surface area contributed by atoms with Crippen LogP contribution in [0.1, 0.15) is 135 Å². The normalized spacial score (nSPS) is 21.5. The van der Waals surface area contributed by atoms with Crippen molar-refractivity contribution in [3.63, 3.8) is 0 Å². The zero-order chi connectivity index (χ0) is 67.5. The number of carbonyl (C=O) groups is 10. The molecule has 5 aliphatic rings. The van der Waals surface area contributed by atoms with Crippen molar-refractivity contribution in [3.8, 4) is 29.0 Å². The second-order valence-electron chi connectivity index (χ2n) is 22.8. The van der Waals surface area contributed by atoms with Crippen molar-refractivity contribution in [2.45, 2.75) is 161 Å². The smallest absolute Gasteiger partial charge is 0.407 e. The van der Waals surface area contributed by atoms with Crippen LogP contribution in [-0.2, 0) is 113 Å². The average molecular weight is 1310 g/mol. The number of ether oxygens (including phenoxy) is 10. The predicted molar refractivity (Wildman–Crippen MR) is 321 cm³/mol. The van der Waals surface area contributed by atoms with Crippen LogP contribution in [0.2, 0.25) is 0 Å². The van der Waals surface area contributed by atoms with E-state index in [0.29, 0.717) is 58.3 Å². The van der Waals surface area contributed by atoms with E-state index in [-0.39, 0.29) is 72.8 Å². The Balaban J connectivity index is 0.820. The highest BCUT2D eigenvalue weighted by atomic mass is 19.1. The predicted octanol–water partition coefficient (Wildman–Crippen LogP) is 2.31. The third kappa shape index (κ3) is 16.1. The van der Waals surface area contributed by atoms with Crippen molar-refractivity contribution >= 4 is 70.5 Å². The minimum atomic E-state index is -2.08. The van der Waals surface area contributed by atoms with Gasteiger partial charge in [-0.25, -0.2) is 19.0 Å². The molecule has 2 aliphatic carbocycles. The largest absolute Gasteiger partial charge is 0.463 e. The van der Waals surface area contributed by atoms with E-state index in [2.05, 4.69) is 38.4 Å². The number of hydrogen-bond donors (Lipinski definition) is 6. The van der Waals surface area contributed by atoms with Gasteiger partial charge in [0.1, 0.15) is 70.1 Å². The molecule has 5 heterocycles. The van der Waals surface area contributed by atoms with Crippen molar-refractivity contribution in [2.24, 2.45) is 0 Å². The standard InChI is InChI=1S/C64H72FN7O22/c1-7-64(84)43-22-47-55-41(25-72(47)60(81)42(43)27-88-62(64)82)54-45(17-16-39-32(2)44(65)23-46(71-55)53(39)54)70-52(79)29-85-31-69-50(77)24-68-63(83)89-26-37-15-18-48(40(21-37)59(80)67-20-19-66-51(78)30-87-38-13-11-9-8-10-12-14-38)93-61-58(92-36(6)76)57(91-35(5)75)56(90-34(4)74)49(94-61)28-86-33(3)73/h15,18,21-23,38,45,49,56-58,61,84H,7-11,13,16-17,19-20,24-31H2,1-6H3,(H,66,78)(H,67,80)(H,68,83)(H,69,77)(H,70,79)/t38?,45-,49+,56+,57-,58+,61+,64-/m0/s1. The van der Waals surface area contributed by atoms with Crippen molar-refractivity contribution < 1.29 is 105 Å². The SMILES string of the molecule is CC[C@@]1(O)C(=O)OCc2c1cc1n(c2=O)Cc2c-1nc1cc(F)c(C)c3c1c2[C@@H](NC(=O)COCNC(=O)CNC(=O)OCc1ccc(O[C@@H]2O[C@H](COC(C)=O)[C@@H](OC(C)=O)[C@H](OC(C)=O)[C@H]2OC(C)=O)c(C(=O)NCCNC(=O)COC2C#CCCCCC2)c1)CC3. The molecule has 9 rings (SSSR count). The molecule has 6 N–H and O–H groups in total. The lowest BCUT2D eigenvalue weighted by Crippen LogP contribution is -2.63. The van der Waals surface area contributed by atoms with Gasteiger partial charge in [0, 0.05) is 69.8 Å². The lowest BCUT2D eigenvalue weighted by atomic mass is 9.81. The first-order chi connectivity index (χ1) is 44.9. The van der Waals surface area contributed by atoms with Crippen LogP contribution in [0.5, 0.6) is 5.75 Å². The number of aryl methyl sites for hydroxylation is 1. The summed E-state index contributed by atoms with van der Waals surface area (Å²) >= 11 is 0. The lowest BCUT2D eigenvalue weighted by molar-refractivity contribution is -0.288. The number of benzene rings is 2. The zero-order valence-electron chi connectivity index (χ0n) is 52.4. The second-order valence-corrected chi connectivity index (χ2v) is 22.8. The molecule has 502 valence electrons. The third-order valence-corrected chi connectivity index (χ3v) is 16.2. The number of fused-ring (bicyclic) bond motifs is 5. The van der Waals surface area contributed by atoms with Gasteiger partial charge in [-0.1, -0.05) is 25.3 Å². The summed E-state index contributed by atoms with van der Waals surface area (Å²) in [6.45, 7) is 3.97. The van der Waals surface area contributed by atoms with E-state index >= 15 is 4.39 Å². The monoisotopic (exact) mass is 1310 g/mol. The maximum atomic E-state index is 15.5. The average Bonchev–Trinajstić information content (AvgIpc) is 1.47. The summed E-state index contributed by atoms with van der Waals surface area (Å²) in [6, 6.07) is 6.10. The van der Waals surface area contributed by atoms with Crippen molar-refractivity contribution in [3.05, 3.63) is 91.0 Å². The molecule has 1 fully saturated rings.